The van der Waals surface area contributed by atoms with E-state index in [0.29, 0.717) is 51.9 Å². The molecular formula is C21H32N4O5S. The van der Waals surface area contributed by atoms with E-state index in [-0.39, 0.29) is 28.9 Å². The number of sulfonamides is 1. The van der Waals surface area contributed by atoms with Gasteiger partial charge >= 0.3 is 6.09 Å². The molecule has 2 aliphatic rings. The third-order valence-electron chi connectivity index (χ3n) is 5.59. The lowest BCUT2D eigenvalue weighted by atomic mass is 9.96. The first-order chi connectivity index (χ1) is 14.6. The Morgan fingerprint density at radius 1 is 1.10 bits per heavy atom. The Morgan fingerprint density at radius 3 is 2.29 bits per heavy atom. The van der Waals surface area contributed by atoms with Crippen LogP contribution < -0.4 is 5.32 Å². The number of aromatic nitrogens is 1. The Hall–Kier alpha value is -2.20. The van der Waals surface area contributed by atoms with Gasteiger partial charge in [-0.25, -0.2) is 13.2 Å². The van der Waals surface area contributed by atoms with E-state index in [2.05, 4.69) is 10.3 Å². The SMILES string of the molecule is CC(C)(C)OC(=O)N1CCC(NC(=O)C2CCN(S(=O)(=O)c3cccnc3)CC2)CC1. The molecule has 3 heterocycles. The van der Waals surface area contributed by atoms with E-state index in [4.69, 9.17) is 4.74 Å². The van der Waals surface area contributed by atoms with E-state index in [1.165, 1.54) is 22.8 Å². The first kappa shape index (κ1) is 23.5. The maximum atomic E-state index is 12.7. The maximum absolute atomic E-state index is 12.7. The maximum Gasteiger partial charge on any atom is 0.410 e. The molecule has 2 fully saturated rings. The summed E-state index contributed by atoms with van der Waals surface area (Å²) in [5, 5.41) is 3.09. The Balaban J connectivity index is 1.44. The highest BCUT2D eigenvalue weighted by Crippen LogP contribution is 2.24. The monoisotopic (exact) mass is 452 g/mol. The van der Waals surface area contributed by atoms with Gasteiger partial charge in [0.2, 0.25) is 15.9 Å². The summed E-state index contributed by atoms with van der Waals surface area (Å²) in [4.78, 5) is 30.6. The fourth-order valence-corrected chi connectivity index (χ4v) is 5.29. The topological polar surface area (TPSA) is 109 Å². The van der Waals surface area contributed by atoms with Crippen molar-refractivity contribution in [2.24, 2.45) is 5.92 Å². The molecule has 0 spiro atoms. The smallest absolute Gasteiger partial charge is 0.410 e. The number of hydrogen-bond acceptors (Lipinski definition) is 6. The molecule has 0 radical (unpaired) electrons. The molecule has 1 aromatic rings. The molecule has 0 unspecified atom stereocenters. The lowest BCUT2D eigenvalue weighted by Gasteiger charge is -2.35. The van der Waals surface area contributed by atoms with Crippen LogP contribution in [0.5, 0.6) is 0 Å². The van der Waals surface area contributed by atoms with Crippen molar-refractivity contribution in [1.29, 1.82) is 0 Å². The zero-order valence-electron chi connectivity index (χ0n) is 18.4. The zero-order valence-corrected chi connectivity index (χ0v) is 19.2. The zero-order chi connectivity index (χ0) is 22.6. The van der Waals surface area contributed by atoms with Crippen LogP contribution in [0.2, 0.25) is 0 Å². The first-order valence-corrected chi connectivity index (χ1v) is 12.2. The van der Waals surface area contributed by atoms with Crippen LogP contribution in [0, 0.1) is 5.92 Å². The second-order valence-electron chi connectivity index (χ2n) is 9.12. The summed E-state index contributed by atoms with van der Waals surface area (Å²) in [6.07, 6.45) is 4.90. The number of hydrogen-bond donors (Lipinski definition) is 1. The van der Waals surface area contributed by atoms with Crippen LogP contribution in [-0.2, 0) is 19.6 Å². The average molecular weight is 453 g/mol. The molecule has 31 heavy (non-hydrogen) atoms. The second kappa shape index (κ2) is 9.52. The van der Waals surface area contributed by atoms with Crippen molar-refractivity contribution in [3.8, 4) is 0 Å². The van der Waals surface area contributed by atoms with Gasteiger partial charge in [0.05, 0.1) is 0 Å². The molecule has 172 valence electrons. The van der Waals surface area contributed by atoms with Gasteiger partial charge in [-0.1, -0.05) is 0 Å². The van der Waals surface area contributed by atoms with Gasteiger partial charge in [-0.2, -0.15) is 4.31 Å². The number of carbonyl (C=O) groups is 2. The molecule has 0 aromatic carbocycles. The van der Waals surface area contributed by atoms with E-state index in [0.717, 1.165) is 0 Å². The number of nitrogens with zero attached hydrogens (tertiary/aromatic N) is 3. The third-order valence-corrected chi connectivity index (χ3v) is 7.47. The fraction of sp³-hybridized carbons (Fsp3) is 0.667. The molecule has 2 amide bonds. The second-order valence-corrected chi connectivity index (χ2v) is 11.1. The number of likely N-dealkylation sites (tertiary alicyclic amines) is 1. The van der Waals surface area contributed by atoms with Crippen LogP contribution in [0.4, 0.5) is 4.79 Å². The Labute approximate surface area is 184 Å². The summed E-state index contributed by atoms with van der Waals surface area (Å²) in [5.41, 5.74) is -0.526. The van der Waals surface area contributed by atoms with Gasteiger partial charge in [0.1, 0.15) is 10.5 Å². The highest BCUT2D eigenvalue weighted by atomic mass is 32.2. The number of rotatable bonds is 4. The van der Waals surface area contributed by atoms with E-state index in [1.54, 1.807) is 11.0 Å². The highest BCUT2D eigenvalue weighted by Gasteiger charge is 2.34. The summed E-state index contributed by atoms with van der Waals surface area (Å²) in [6.45, 7) is 7.23. The normalized spacial score (nSPS) is 19.8. The van der Waals surface area contributed by atoms with E-state index in [1.807, 2.05) is 20.8 Å². The van der Waals surface area contributed by atoms with Crippen LogP contribution in [0.1, 0.15) is 46.5 Å². The predicted octanol–water partition coefficient (Wildman–Crippen LogP) is 2.00. The molecule has 0 saturated carbocycles. The van der Waals surface area contributed by atoms with Gasteiger partial charge in [-0.05, 0) is 58.6 Å². The molecule has 0 bridgehead atoms. The van der Waals surface area contributed by atoms with E-state index < -0.39 is 15.6 Å². The number of ether oxygens (including phenoxy) is 1. The summed E-state index contributed by atoms with van der Waals surface area (Å²) < 4.78 is 32.2. The third kappa shape index (κ3) is 6.16. The molecule has 1 aromatic heterocycles. The van der Waals surface area contributed by atoms with Crippen LogP contribution in [-0.4, -0.2) is 72.4 Å². The quantitative estimate of drug-likeness (QED) is 0.748. The minimum absolute atomic E-state index is 0.0170. The Bertz CT molecular complexity index is 869. The molecule has 0 aliphatic carbocycles. The van der Waals surface area contributed by atoms with Gasteiger partial charge in [0, 0.05) is 50.5 Å². The number of nitrogens with one attached hydrogen (secondary N) is 1. The molecule has 10 heteroatoms. The molecule has 9 nitrogen and oxygen atoms in total. The highest BCUT2D eigenvalue weighted by molar-refractivity contribution is 7.89. The molecule has 2 aliphatic heterocycles. The summed E-state index contributed by atoms with van der Waals surface area (Å²) in [5.74, 6) is -0.238. The van der Waals surface area contributed by atoms with Gasteiger partial charge in [-0.3, -0.25) is 9.78 Å². The van der Waals surface area contributed by atoms with Gasteiger partial charge < -0.3 is 15.0 Å². The first-order valence-electron chi connectivity index (χ1n) is 10.7. The molecular weight excluding hydrogens is 420 g/mol. The van der Waals surface area contributed by atoms with Crippen molar-refractivity contribution in [3.05, 3.63) is 24.5 Å². The van der Waals surface area contributed by atoms with Crippen LogP contribution >= 0.6 is 0 Å². The predicted molar refractivity (Wildman–Crippen MR) is 115 cm³/mol. The Kier molecular flexibility index (Phi) is 7.20. The van der Waals surface area contributed by atoms with E-state index in [9.17, 15) is 18.0 Å². The number of amides is 2. The van der Waals surface area contributed by atoms with Crippen LogP contribution in [0.25, 0.3) is 0 Å². The summed E-state index contributed by atoms with van der Waals surface area (Å²) >= 11 is 0. The van der Waals surface area contributed by atoms with E-state index >= 15 is 0 Å². The van der Waals surface area contributed by atoms with Gasteiger partial charge in [0.15, 0.2) is 0 Å². The van der Waals surface area contributed by atoms with Gasteiger partial charge in [-0.15, -0.1) is 0 Å². The van der Waals surface area contributed by atoms with Crippen molar-refractivity contribution in [1.82, 2.24) is 19.5 Å². The molecule has 1 N–H and O–H groups in total. The van der Waals surface area contributed by atoms with Crippen molar-refractivity contribution in [2.45, 2.75) is 63.0 Å². The van der Waals surface area contributed by atoms with Gasteiger partial charge in [0.25, 0.3) is 0 Å². The van der Waals surface area contributed by atoms with Crippen molar-refractivity contribution in [3.63, 3.8) is 0 Å². The minimum atomic E-state index is -3.58. The van der Waals surface area contributed by atoms with Crippen LogP contribution in [0.15, 0.2) is 29.4 Å². The lowest BCUT2D eigenvalue weighted by Crippen LogP contribution is -2.50. The Morgan fingerprint density at radius 2 is 1.74 bits per heavy atom. The molecule has 2 saturated heterocycles. The fourth-order valence-electron chi connectivity index (χ4n) is 3.86. The van der Waals surface area contributed by atoms with Crippen molar-refractivity contribution < 1.29 is 22.7 Å². The van der Waals surface area contributed by atoms with Crippen LogP contribution in [0.3, 0.4) is 0 Å². The lowest BCUT2D eigenvalue weighted by molar-refractivity contribution is -0.127. The number of piperidine rings is 2. The summed E-state index contributed by atoms with van der Waals surface area (Å²) in [7, 11) is -3.58. The standard InChI is InChI=1S/C21H32N4O5S/c1-21(2,3)30-20(27)24-11-8-17(9-12-24)23-19(26)16-6-13-25(14-7-16)31(28,29)18-5-4-10-22-15-18/h4-5,10,15-17H,6-9,11-14H2,1-3H3,(H,23,26). The largest absolute Gasteiger partial charge is 0.444 e. The number of pyridine rings is 1. The minimum Gasteiger partial charge on any atom is -0.444 e. The average Bonchev–Trinajstić information content (AvgIpc) is 2.73. The van der Waals surface area contributed by atoms with Crippen molar-refractivity contribution >= 4 is 22.0 Å². The summed E-state index contributed by atoms with van der Waals surface area (Å²) in [6, 6.07) is 3.15. The number of carbonyl (C=O) groups excluding carboxylic acids is 2. The molecule has 3 rings (SSSR count). The molecule has 0 atom stereocenters. The van der Waals surface area contributed by atoms with Crippen molar-refractivity contribution in [2.75, 3.05) is 26.2 Å².